The smallest absolute Gasteiger partial charge is 0.393 e. The topological polar surface area (TPSA) is 79.5 Å². The summed E-state index contributed by atoms with van der Waals surface area (Å²) in [5.41, 5.74) is 0. The highest BCUT2D eigenvalue weighted by atomic mass is 35.5. The molecule has 1 aromatic heterocycles. The zero-order chi connectivity index (χ0) is 16.7. The molecule has 0 amide bonds. The number of nitrogens with zero attached hydrogens (tertiary/aromatic N) is 3. The first kappa shape index (κ1) is 19.7. The summed E-state index contributed by atoms with van der Waals surface area (Å²) in [6.45, 7) is 4.79. The van der Waals surface area contributed by atoms with Crippen molar-refractivity contribution in [2.75, 3.05) is 13.1 Å². The number of carbonyl (C=O) groups is 1. The lowest BCUT2D eigenvalue weighted by Gasteiger charge is -2.21. The molecule has 2 rings (SSSR count). The maximum Gasteiger partial charge on any atom is 0.393 e. The average Bonchev–Trinajstić information content (AvgIpc) is 3.04. The van der Waals surface area contributed by atoms with Crippen LogP contribution in [-0.2, 0) is 4.79 Å². The molecule has 0 radical (unpaired) electrons. The van der Waals surface area contributed by atoms with Crippen LogP contribution in [0.3, 0.4) is 0 Å². The number of likely N-dealkylation sites (tertiary alicyclic amines) is 1. The third-order valence-electron chi connectivity index (χ3n) is 3.96. The molecule has 1 unspecified atom stereocenters. The minimum atomic E-state index is -4.55. The first-order chi connectivity index (χ1) is 10.1. The van der Waals surface area contributed by atoms with Crippen LogP contribution in [0.25, 0.3) is 0 Å². The first-order valence-corrected chi connectivity index (χ1v) is 6.98. The van der Waals surface area contributed by atoms with Crippen LogP contribution in [0.4, 0.5) is 13.2 Å². The molecule has 0 bridgehead atoms. The number of aromatic nitrogens is 2. The lowest BCUT2D eigenvalue weighted by atomic mass is 9.96. The molecule has 0 saturated carbocycles. The minimum absolute atomic E-state index is 0. The Morgan fingerprint density at radius 1 is 1.35 bits per heavy atom. The van der Waals surface area contributed by atoms with E-state index in [0.29, 0.717) is 5.82 Å². The molecule has 1 fully saturated rings. The second-order valence-electron chi connectivity index (χ2n) is 5.87. The van der Waals surface area contributed by atoms with Gasteiger partial charge in [-0.3, -0.25) is 9.69 Å². The molecular weight excluding hydrogens is 339 g/mol. The number of carboxylic acids is 1. The van der Waals surface area contributed by atoms with E-state index in [1.807, 2.05) is 13.8 Å². The minimum Gasteiger partial charge on any atom is -0.481 e. The Morgan fingerprint density at radius 2 is 1.96 bits per heavy atom. The van der Waals surface area contributed by atoms with E-state index in [0.717, 1.165) is 0 Å². The van der Waals surface area contributed by atoms with Crippen LogP contribution >= 0.6 is 12.4 Å². The van der Waals surface area contributed by atoms with Crippen LogP contribution in [0.1, 0.15) is 44.4 Å². The largest absolute Gasteiger partial charge is 0.481 e. The fraction of sp³-hybridized carbons (Fsp3) is 0.769. The molecule has 6 nitrogen and oxygen atoms in total. The van der Waals surface area contributed by atoms with Crippen molar-refractivity contribution in [3.8, 4) is 0 Å². The van der Waals surface area contributed by atoms with Crippen molar-refractivity contribution in [3.05, 3.63) is 11.7 Å². The van der Waals surface area contributed by atoms with Gasteiger partial charge in [0, 0.05) is 19.0 Å². The Balaban J connectivity index is 0.00000264. The monoisotopic (exact) mass is 357 g/mol. The van der Waals surface area contributed by atoms with Gasteiger partial charge in [-0.05, 0) is 6.92 Å². The first-order valence-electron chi connectivity index (χ1n) is 6.98. The average molecular weight is 358 g/mol. The summed E-state index contributed by atoms with van der Waals surface area (Å²) in [6.07, 6.45) is -4.55. The summed E-state index contributed by atoms with van der Waals surface area (Å²) >= 11 is 0. The van der Waals surface area contributed by atoms with E-state index in [1.165, 1.54) is 4.90 Å². The van der Waals surface area contributed by atoms with Crippen LogP contribution in [0.15, 0.2) is 4.52 Å². The Kier molecular flexibility index (Phi) is 6.03. The van der Waals surface area contributed by atoms with Gasteiger partial charge in [0.05, 0.1) is 17.9 Å². The Bertz CT molecular complexity index is 550. The molecule has 1 aliphatic rings. The molecule has 1 aliphatic heterocycles. The maximum absolute atomic E-state index is 13.0. The Labute approximate surface area is 137 Å². The molecular formula is C13H19ClF3N3O3. The van der Waals surface area contributed by atoms with Crippen molar-refractivity contribution in [2.24, 2.45) is 11.8 Å². The zero-order valence-electron chi connectivity index (χ0n) is 12.9. The maximum atomic E-state index is 13.0. The lowest BCUT2D eigenvalue weighted by Crippen LogP contribution is -2.33. The highest BCUT2D eigenvalue weighted by Crippen LogP contribution is 2.40. The molecule has 3 atom stereocenters. The van der Waals surface area contributed by atoms with Gasteiger partial charge in [0.25, 0.3) is 0 Å². The van der Waals surface area contributed by atoms with Crippen molar-refractivity contribution in [3.63, 3.8) is 0 Å². The van der Waals surface area contributed by atoms with Gasteiger partial charge in [-0.1, -0.05) is 19.0 Å². The van der Waals surface area contributed by atoms with Crippen molar-refractivity contribution in [1.82, 2.24) is 15.0 Å². The van der Waals surface area contributed by atoms with Crippen LogP contribution in [-0.4, -0.2) is 45.4 Å². The Morgan fingerprint density at radius 3 is 2.35 bits per heavy atom. The molecule has 10 heteroatoms. The fourth-order valence-electron chi connectivity index (χ4n) is 2.54. The van der Waals surface area contributed by atoms with E-state index in [1.54, 1.807) is 6.92 Å². The predicted molar refractivity (Wildman–Crippen MR) is 76.3 cm³/mol. The van der Waals surface area contributed by atoms with Gasteiger partial charge in [-0.25, -0.2) is 0 Å². The quantitative estimate of drug-likeness (QED) is 0.892. The third kappa shape index (κ3) is 4.14. The second kappa shape index (κ2) is 7.04. The van der Waals surface area contributed by atoms with Crippen molar-refractivity contribution in [2.45, 2.75) is 38.9 Å². The number of hydrogen-bond donors (Lipinski definition) is 1. The molecule has 1 saturated heterocycles. The standard InChI is InChI=1S/C13H18F3N3O3.ClH/c1-6(2)10-17-11(22-18-10)7(3)19-4-8(12(20)21)9(5-19)13(14,15)16;/h6-9H,4-5H2,1-3H3,(H,20,21);1H/t7?,8-,9-;/m1./s1. The number of aliphatic carboxylic acids is 1. The normalized spacial score (nSPS) is 23.8. The van der Waals surface area contributed by atoms with E-state index < -0.39 is 30.0 Å². The third-order valence-corrected chi connectivity index (χ3v) is 3.96. The van der Waals surface area contributed by atoms with Gasteiger partial charge in [-0.2, -0.15) is 18.2 Å². The summed E-state index contributed by atoms with van der Waals surface area (Å²) in [5, 5.41) is 12.8. The van der Waals surface area contributed by atoms with Crippen molar-refractivity contribution < 1.29 is 27.6 Å². The van der Waals surface area contributed by atoms with Gasteiger partial charge in [-0.15, -0.1) is 12.4 Å². The lowest BCUT2D eigenvalue weighted by molar-refractivity contribution is -0.188. The molecule has 0 aliphatic carbocycles. The highest BCUT2D eigenvalue weighted by molar-refractivity contribution is 5.85. The highest BCUT2D eigenvalue weighted by Gasteiger charge is 2.53. The van der Waals surface area contributed by atoms with Crippen LogP contribution in [0, 0.1) is 11.8 Å². The molecule has 2 heterocycles. The summed E-state index contributed by atoms with van der Waals surface area (Å²) in [6, 6.07) is -0.561. The number of alkyl halides is 3. The van der Waals surface area contributed by atoms with Gasteiger partial charge in [0.1, 0.15) is 0 Å². The van der Waals surface area contributed by atoms with Crippen LogP contribution < -0.4 is 0 Å². The van der Waals surface area contributed by atoms with E-state index in [-0.39, 0.29) is 37.3 Å². The zero-order valence-corrected chi connectivity index (χ0v) is 13.7. The summed E-state index contributed by atoms with van der Waals surface area (Å²) in [5.74, 6) is -4.09. The molecule has 1 aromatic rings. The Hall–Kier alpha value is -1.35. The summed E-state index contributed by atoms with van der Waals surface area (Å²) < 4.78 is 44.0. The van der Waals surface area contributed by atoms with Gasteiger partial charge < -0.3 is 9.63 Å². The predicted octanol–water partition coefficient (Wildman–Crippen LogP) is 2.87. The van der Waals surface area contributed by atoms with Crippen LogP contribution in [0.2, 0.25) is 0 Å². The number of carboxylic acid groups (broad SMARTS) is 1. The molecule has 132 valence electrons. The van der Waals surface area contributed by atoms with Gasteiger partial charge >= 0.3 is 12.1 Å². The van der Waals surface area contributed by atoms with Gasteiger partial charge in [0.2, 0.25) is 5.89 Å². The van der Waals surface area contributed by atoms with Crippen LogP contribution in [0.5, 0.6) is 0 Å². The molecule has 0 aromatic carbocycles. The number of halogens is 4. The van der Waals surface area contributed by atoms with E-state index in [4.69, 9.17) is 9.63 Å². The molecule has 23 heavy (non-hydrogen) atoms. The fourth-order valence-corrected chi connectivity index (χ4v) is 2.54. The summed E-state index contributed by atoms with van der Waals surface area (Å²) in [7, 11) is 0. The van der Waals surface area contributed by atoms with Gasteiger partial charge in [0.15, 0.2) is 5.82 Å². The molecule has 0 spiro atoms. The van der Waals surface area contributed by atoms with E-state index >= 15 is 0 Å². The van der Waals surface area contributed by atoms with E-state index in [2.05, 4.69) is 10.1 Å². The summed E-state index contributed by atoms with van der Waals surface area (Å²) in [4.78, 5) is 16.7. The SMILES string of the molecule is CC(C)c1noc(C(C)N2C[C@@H](C(F)(F)F)[C@H](C(=O)O)C2)n1.Cl. The number of rotatable bonds is 4. The molecule has 1 N–H and O–H groups in total. The van der Waals surface area contributed by atoms with Crippen molar-refractivity contribution in [1.29, 1.82) is 0 Å². The second-order valence-corrected chi connectivity index (χ2v) is 5.87. The van der Waals surface area contributed by atoms with E-state index in [9.17, 15) is 18.0 Å². The van der Waals surface area contributed by atoms with Crippen molar-refractivity contribution >= 4 is 18.4 Å². The number of hydrogen-bond acceptors (Lipinski definition) is 5.